The second kappa shape index (κ2) is 4.69. The van der Waals surface area contributed by atoms with E-state index in [-0.39, 0.29) is 11.5 Å². The van der Waals surface area contributed by atoms with Crippen molar-refractivity contribution in [2.24, 2.45) is 4.99 Å². The van der Waals surface area contributed by atoms with E-state index in [0.717, 1.165) is 25.9 Å². The molecule has 18 heavy (non-hydrogen) atoms. The van der Waals surface area contributed by atoms with E-state index in [2.05, 4.69) is 4.90 Å². The highest BCUT2D eigenvalue weighted by atomic mass is 32.2. The lowest BCUT2D eigenvalue weighted by atomic mass is 9.93. The number of hydrogen-bond donors (Lipinski definition) is 1. The Bertz CT molecular complexity index is 347. The molecule has 1 N–H and O–H groups in total. The fraction of sp³-hybridized carbons (Fsp3) is 0.923. The molecule has 0 amide bonds. The Hall–Kier alpha value is -0.260. The number of amidine groups is 1. The molecule has 2 saturated heterocycles. The van der Waals surface area contributed by atoms with Crippen LogP contribution in [-0.4, -0.2) is 51.4 Å². The lowest BCUT2D eigenvalue weighted by Gasteiger charge is -2.37. The molecule has 0 aromatic carbocycles. The Morgan fingerprint density at radius 3 is 2.72 bits per heavy atom. The van der Waals surface area contributed by atoms with Gasteiger partial charge in [0, 0.05) is 13.1 Å². The van der Waals surface area contributed by atoms with Gasteiger partial charge in [-0.2, -0.15) is 0 Å². The van der Waals surface area contributed by atoms with E-state index in [4.69, 9.17) is 9.73 Å². The minimum Gasteiger partial charge on any atom is -0.388 e. The summed E-state index contributed by atoms with van der Waals surface area (Å²) < 4.78 is 6.04. The molecule has 4 nitrogen and oxygen atoms in total. The Balaban J connectivity index is 1.64. The Morgan fingerprint density at radius 1 is 1.33 bits per heavy atom. The molecule has 0 aliphatic carbocycles. The fourth-order valence-corrected chi connectivity index (χ4v) is 4.15. The van der Waals surface area contributed by atoms with Crippen molar-refractivity contribution in [1.82, 2.24) is 4.90 Å². The SMILES string of the molecule is CC(C)(O)[C@@H]1CC[C@H]2N=C(N3CCCC3)S[C@H]2O1. The first kappa shape index (κ1) is 12.8. The molecule has 3 aliphatic rings. The van der Waals surface area contributed by atoms with Gasteiger partial charge in [-0.15, -0.1) is 0 Å². The van der Waals surface area contributed by atoms with E-state index in [1.807, 2.05) is 13.8 Å². The quantitative estimate of drug-likeness (QED) is 0.789. The van der Waals surface area contributed by atoms with Gasteiger partial charge < -0.3 is 14.7 Å². The number of thioether (sulfide) groups is 1. The minimum atomic E-state index is -0.748. The molecule has 3 atom stereocenters. The predicted octanol–water partition coefficient (Wildman–Crippen LogP) is 1.83. The van der Waals surface area contributed by atoms with E-state index in [0.29, 0.717) is 6.04 Å². The summed E-state index contributed by atoms with van der Waals surface area (Å²) in [5, 5.41) is 11.2. The third-order valence-corrected chi connectivity index (χ3v) is 5.23. The summed E-state index contributed by atoms with van der Waals surface area (Å²) in [4.78, 5) is 7.19. The molecule has 0 unspecified atom stereocenters. The normalized spacial score (nSPS) is 36.7. The van der Waals surface area contributed by atoms with E-state index < -0.39 is 5.60 Å². The van der Waals surface area contributed by atoms with Gasteiger partial charge in [0.1, 0.15) is 5.44 Å². The van der Waals surface area contributed by atoms with Gasteiger partial charge >= 0.3 is 0 Å². The summed E-state index contributed by atoms with van der Waals surface area (Å²) in [5.74, 6) is 0. The highest BCUT2D eigenvalue weighted by Gasteiger charge is 2.42. The minimum absolute atomic E-state index is 0.0561. The van der Waals surface area contributed by atoms with E-state index in [1.54, 1.807) is 11.8 Å². The van der Waals surface area contributed by atoms with Crippen molar-refractivity contribution in [2.45, 2.75) is 62.7 Å². The second-order valence-corrected chi connectivity index (χ2v) is 7.08. The number of hydrogen-bond acceptors (Lipinski definition) is 5. The molecule has 102 valence electrons. The van der Waals surface area contributed by atoms with E-state index in [9.17, 15) is 5.11 Å². The smallest absolute Gasteiger partial charge is 0.162 e. The molecule has 3 heterocycles. The van der Waals surface area contributed by atoms with Crippen LogP contribution in [0.2, 0.25) is 0 Å². The summed E-state index contributed by atoms with van der Waals surface area (Å²) >= 11 is 1.75. The van der Waals surface area contributed by atoms with Crippen molar-refractivity contribution < 1.29 is 9.84 Å². The summed E-state index contributed by atoms with van der Waals surface area (Å²) in [6.45, 7) is 5.94. The molecule has 3 aliphatic heterocycles. The average molecular weight is 270 g/mol. The van der Waals surface area contributed by atoms with Crippen LogP contribution in [0.25, 0.3) is 0 Å². The maximum Gasteiger partial charge on any atom is 0.162 e. The van der Waals surface area contributed by atoms with Crippen molar-refractivity contribution in [1.29, 1.82) is 0 Å². The summed E-state index contributed by atoms with van der Waals surface area (Å²) in [6.07, 6.45) is 4.44. The van der Waals surface area contributed by atoms with Crippen LogP contribution in [0, 0.1) is 0 Å². The monoisotopic (exact) mass is 270 g/mol. The number of ether oxygens (including phenoxy) is 1. The van der Waals surface area contributed by atoms with Crippen LogP contribution in [0.3, 0.4) is 0 Å². The third-order valence-electron chi connectivity index (χ3n) is 4.00. The van der Waals surface area contributed by atoms with Crippen LogP contribution in [-0.2, 0) is 4.74 Å². The zero-order valence-electron chi connectivity index (χ0n) is 11.1. The standard InChI is InChI=1S/C13H22N2O2S/c1-13(2,16)10-6-5-9-11(17-10)18-12(14-9)15-7-3-4-8-15/h9-11,16H,3-8H2,1-2H3/t9-,10+,11-/m1/s1. The lowest BCUT2D eigenvalue weighted by molar-refractivity contribution is -0.121. The molecule has 2 fully saturated rings. The lowest BCUT2D eigenvalue weighted by Crippen LogP contribution is -2.45. The number of nitrogens with zero attached hydrogens (tertiary/aromatic N) is 2. The summed E-state index contributed by atoms with van der Waals surface area (Å²) in [6, 6.07) is 0.296. The molecule has 0 saturated carbocycles. The molecule has 0 radical (unpaired) electrons. The van der Waals surface area contributed by atoms with E-state index in [1.165, 1.54) is 18.0 Å². The number of aliphatic hydroxyl groups is 1. The van der Waals surface area contributed by atoms with Gasteiger partial charge in [-0.25, -0.2) is 0 Å². The zero-order chi connectivity index (χ0) is 12.8. The van der Waals surface area contributed by atoms with E-state index >= 15 is 0 Å². The molecular formula is C13H22N2O2S. The van der Waals surface area contributed by atoms with Crippen molar-refractivity contribution in [3.63, 3.8) is 0 Å². The molecule has 3 rings (SSSR count). The second-order valence-electron chi connectivity index (χ2n) is 6.02. The number of aliphatic imine (C=N–C) groups is 1. The average Bonchev–Trinajstić information content (AvgIpc) is 2.95. The van der Waals surface area contributed by atoms with Crippen molar-refractivity contribution >= 4 is 16.9 Å². The van der Waals surface area contributed by atoms with Crippen molar-refractivity contribution in [2.75, 3.05) is 13.1 Å². The molecular weight excluding hydrogens is 248 g/mol. The molecule has 0 aromatic heterocycles. The van der Waals surface area contributed by atoms with Gasteiger partial charge in [-0.1, -0.05) is 11.8 Å². The number of fused-ring (bicyclic) bond motifs is 1. The maximum absolute atomic E-state index is 10.1. The predicted molar refractivity (Wildman–Crippen MR) is 73.8 cm³/mol. The van der Waals surface area contributed by atoms with Crippen LogP contribution >= 0.6 is 11.8 Å². The molecule has 0 spiro atoms. The molecule has 0 bridgehead atoms. The highest BCUT2D eigenvalue weighted by Crippen LogP contribution is 2.39. The Labute approximate surface area is 113 Å². The first-order chi connectivity index (χ1) is 8.54. The van der Waals surface area contributed by atoms with Crippen LogP contribution in [0.15, 0.2) is 4.99 Å². The topological polar surface area (TPSA) is 45.1 Å². The van der Waals surface area contributed by atoms with Gasteiger partial charge in [-0.05, 0) is 39.5 Å². The van der Waals surface area contributed by atoms with Gasteiger partial charge in [0.25, 0.3) is 0 Å². The highest BCUT2D eigenvalue weighted by molar-refractivity contribution is 8.14. The maximum atomic E-state index is 10.1. The summed E-state index contributed by atoms with van der Waals surface area (Å²) in [7, 11) is 0. The van der Waals surface area contributed by atoms with Crippen LogP contribution < -0.4 is 0 Å². The number of likely N-dealkylation sites (tertiary alicyclic amines) is 1. The van der Waals surface area contributed by atoms with Gasteiger partial charge in [0.05, 0.1) is 17.7 Å². The molecule has 0 aromatic rings. The van der Waals surface area contributed by atoms with Crippen LogP contribution in [0.1, 0.15) is 39.5 Å². The van der Waals surface area contributed by atoms with Crippen LogP contribution in [0.4, 0.5) is 0 Å². The largest absolute Gasteiger partial charge is 0.388 e. The first-order valence-corrected chi connectivity index (χ1v) is 7.79. The number of rotatable bonds is 1. The third kappa shape index (κ3) is 2.40. The van der Waals surface area contributed by atoms with Gasteiger partial charge in [0.15, 0.2) is 5.17 Å². The van der Waals surface area contributed by atoms with Crippen LogP contribution in [0.5, 0.6) is 0 Å². The van der Waals surface area contributed by atoms with Gasteiger partial charge in [-0.3, -0.25) is 4.99 Å². The Kier molecular flexibility index (Phi) is 3.32. The summed E-state index contributed by atoms with van der Waals surface area (Å²) in [5.41, 5.74) is -0.632. The molecule has 5 heteroatoms. The Morgan fingerprint density at radius 2 is 2.06 bits per heavy atom. The van der Waals surface area contributed by atoms with Crippen molar-refractivity contribution in [3.8, 4) is 0 Å². The van der Waals surface area contributed by atoms with Gasteiger partial charge in [0.2, 0.25) is 0 Å². The first-order valence-electron chi connectivity index (χ1n) is 6.91. The zero-order valence-corrected chi connectivity index (χ0v) is 11.9. The van der Waals surface area contributed by atoms with Crippen molar-refractivity contribution in [3.05, 3.63) is 0 Å². The fourth-order valence-electron chi connectivity index (χ4n) is 2.87.